The van der Waals surface area contributed by atoms with Gasteiger partial charge in [0.05, 0.1) is 6.20 Å². The molecule has 7 nitrogen and oxygen atoms in total. The number of aromatic amines is 1. The van der Waals surface area contributed by atoms with Crippen LogP contribution in [-0.4, -0.2) is 30.6 Å². The maximum atomic E-state index is 10.9. The highest BCUT2D eigenvalue weighted by atomic mass is 16.5. The lowest BCUT2D eigenvalue weighted by molar-refractivity contribution is 0.160. The Morgan fingerprint density at radius 1 is 1.64 bits per heavy atom. The molecule has 2 aromatic rings. The van der Waals surface area contributed by atoms with Crippen molar-refractivity contribution in [1.82, 2.24) is 25.4 Å². The molecule has 0 aliphatic rings. The zero-order valence-electron chi connectivity index (χ0n) is 5.22. The third kappa shape index (κ3) is 0.672. The van der Waals surface area contributed by atoms with Gasteiger partial charge in [-0.25, -0.2) is 5.10 Å². The predicted molar refractivity (Wildman–Crippen MR) is 33.1 cm³/mol. The summed E-state index contributed by atoms with van der Waals surface area (Å²) >= 11 is 0. The summed E-state index contributed by atoms with van der Waals surface area (Å²) in [7, 11) is 0. The summed E-state index contributed by atoms with van der Waals surface area (Å²) in [6, 6.07) is 0. The Morgan fingerprint density at radius 3 is 3.18 bits per heavy atom. The van der Waals surface area contributed by atoms with Gasteiger partial charge < -0.3 is 5.21 Å². The predicted octanol–water partition coefficient (Wildman–Crippen LogP) is -1.25. The Kier molecular flexibility index (Phi) is 0.945. The van der Waals surface area contributed by atoms with Crippen molar-refractivity contribution in [2.45, 2.75) is 0 Å². The zero-order valence-corrected chi connectivity index (χ0v) is 5.22. The van der Waals surface area contributed by atoms with Crippen LogP contribution in [-0.2, 0) is 0 Å². The fourth-order valence-corrected chi connectivity index (χ4v) is 0.788. The Hall–Kier alpha value is -1.92. The van der Waals surface area contributed by atoms with Crippen molar-refractivity contribution in [3.8, 4) is 0 Å². The highest BCUT2D eigenvalue weighted by Gasteiger charge is 2.05. The van der Waals surface area contributed by atoms with E-state index in [9.17, 15) is 4.79 Å². The van der Waals surface area contributed by atoms with Gasteiger partial charge in [0, 0.05) is 0 Å². The van der Waals surface area contributed by atoms with Crippen LogP contribution in [0.2, 0.25) is 0 Å². The number of nitrogens with one attached hydrogen (secondary N) is 1. The zero-order chi connectivity index (χ0) is 7.84. The van der Waals surface area contributed by atoms with Gasteiger partial charge in [-0.1, -0.05) is 10.1 Å². The first-order valence-corrected chi connectivity index (χ1v) is 2.77. The third-order valence-corrected chi connectivity index (χ3v) is 1.26. The quantitative estimate of drug-likeness (QED) is 0.461. The number of H-pyrrole nitrogens is 1. The van der Waals surface area contributed by atoms with Gasteiger partial charge >= 0.3 is 0 Å². The van der Waals surface area contributed by atoms with Gasteiger partial charge in [0.1, 0.15) is 5.52 Å². The van der Waals surface area contributed by atoms with E-state index in [1.54, 1.807) is 0 Å². The van der Waals surface area contributed by atoms with E-state index in [0.717, 1.165) is 0 Å². The van der Waals surface area contributed by atoms with E-state index in [1.165, 1.54) is 6.20 Å². The summed E-state index contributed by atoms with van der Waals surface area (Å²) in [4.78, 5) is 11.3. The van der Waals surface area contributed by atoms with Crippen molar-refractivity contribution in [3.05, 3.63) is 16.6 Å². The van der Waals surface area contributed by atoms with E-state index in [2.05, 4.69) is 20.5 Å². The number of nitrogens with zero attached hydrogens (tertiary/aromatic N) is 4. The number of rotatable bonds is 0. The van der Waals surface area contributed by atoms with Crippen LogP contribution in [0.4, 0.5) is 0 Å². The van der Waals surface area contributed by atoms with Crippen LogP contribution in [0.25, 0.3) is 11.0 Å². The smallest absolute Gasteiger partial charge is 0.297 e. The maximum Gasteiger partial charge on any atom is 0.297 e. The van der Waals surface area contributed by atoms with E-state index in [1.807, 2.05) is 0 Å². The topological polar surface area (TPSA) is 96.7 Å². The lowest BCUT2D eigenvalue weighted by atomic mass is 10.5. The number of fused-ring (bicyclic) bond motifs is 1. The van der Waals surface area contributed by atoms with Crippen molar-refractivity contribution >= 4 is 11.0 Å². The van der Waals surface area contributed by atoms with Crippen molar-refractivity contribution in [3.63, 3.8) is 0 Å². The molecule has 11 heavy (non-hydrogen) atoms. The fourth-order valence-electron chi connectivity index (χ4n) is 0.788. The molecule has 2 aromatic heterocycles. The summed E-state index contributed by atoms with van der Waals surface area (Å²) in [5.74, 6) is 0. The molecule has 0 unspecified atom stereocenters. The van der Waals surface area contributed by atoms with Crippen LogP contribution in [0.1, 0.15) is 0 Å². The summed E-state index contributed by atoms with van der Waals surface area (Å²) in [5, 5.41) is 21.2. The second-order valence-corrected chi connectivity index (χ2v) is 1.91. The molecule has 0 aromatic carbocycles. The standard InChI is InChI=1S/C4H3N5O2/c10-4-3-2(6-8-7-4)1-5-9(3)11/h1,11H,(H,6,7,10). The molecule has 0 aliphatic heterocycles. The number of hydrogen-bond acceptors (Lipinski definition) is 5. The Labute approximate surface area is 59.2 Å². The molecule has 0 bridgehead atoms. The van der Waals surface area contributed by atoms with E-state index < -0.39 is 5.56 Å². The molecule has 56 valence electrons. The molecule has 0 amide bonds. The fraction of sp³-hybridized carbons (Fsp3) is 0. The minimum Gasteiger partial charge on any atom is -0.411 e. The minimum absolute atomic E-state index is 0.000000000000000444. The molecule has 0 radical (unpaired) electrons. The van der Waals surface area contributed by atoms with Crippen molar-refractivity contribution in [1.29, 1.82) is 0 Å². The van der Waals surface area contributed by atoms with Crippen LogP contribution in [0.15, 0.2) is 11.0 Å². The molecule has 7 heteroatoms. The highest BCUT2D eigenvalue weighted by molar-refractivity contribution is 5.71. The summed E-state index contributed by atoms with van der Waals surface area (Å²) in [5.41, 5.74) is -0.258. The molecule has 0 saturated carbocycles. The number of hydrogen-bond donors (Lipinski definition) is 2. The van der Waals surface area contributed by atoms with Gasteiger partial charge in [0.25, 0.3) is 5.56 Å². The summed E-state index contributed by atoms with van der Waals surface area (Å²) in [6.07, 6.45) is 1.25. The second-order valence-electron chi connectivity index (χ2n) is 1.91. The average molecular weight is 153 g/mol. The molecule has 0 saturated heterocycles. The van der Waals surface area contributed by atoms with Gasteiger partial charge in [-0.05, 0) is 0 Å². The van der Waals surface area contributed by atoms with E-state index in [0.29, 0.717) is 4.85 Å². The van der Waals surface area contributed by atoms with E-state index in [-0.39, 0.29) is 11.0 Å². The second kappa shape index (κ2) is 1.78. The largest absolute Gasteiger partial charge is 0.411 e. The lowest BCUT2D eigenvalue weighted by Gasteiger charge is -1.86. The normalized spacial score (nSPS) is 10.5. The van der Waals surface area contributed by atoms with Crippen LogP contribution in [0.5, 0.6) is 0 Å². The van der Waals surface area contributed by atoms with Crippen LogP contribution < -0.4 is 5.56 Å². The summed E-state index contributed by atoms with van der Waals surface area (Å²) < 4.78 is 0. The molecule has 0 aliphatic carbocycles. The molecular weight excluding hydrogens is 150 g/mol. The Balaban J connectivity index is 3.08. The molecule has 2 rings (SSSR count). The number of aromatic nitrogens is 5. The molecule has 2 heterocycles. The molecule has 0 spiro atoms. The van der Waals surface area contributed by atoms with Crippen molar-refractivity contribution in [2.75, 3.05) is 0 Å². The SMILES string of the molecule is O=c1[nH]nnc2cnn(O)c12. The van der Waals surface area contributed by atoms with E-state index >= 15 is 0 Å². The Bertz CT molecular complexity index is 443. The van der Waals surface area contributed by atoms with Gasteiger partial charge in [0.2, 0.25) is 0 Å². The Morgan fingerprint density at radius 2 is 2.45 bits per heavy atom. The van der Waals surface area contributed by atoms with Crippen LogP contribution in [0, 0.1) is 0 Å². The van der Waals surface area contributed by atoms with Crippen LogP contribution in [0.3, 0.4) is 0 Å². The first-order valence-electron chi connectivity index (χ1n) is 2.77. The average Bonchev–Trinajstić information content (AvgIpc) is 2.34. The lowest BCUT2D eigenvalue weighted by Crippen LogP contribution is -2.12. The minimum atomic E-state index is -0.519. The molecular formula is C4H3N5O2. The maximum absolute atomic E-state index is 10.9. The van der Waals surface area contributed by atoms with Crippen molar-refractivity contribution in [2.24, 2.45) is 0 Å². The molecule has 0 atom stereocenters. The first-order chi connectivity index (χ1) is 5.29. The van der Waals surface area contributed by atoms with E-state index in [4.69, 9.17) is 5.21 Å². The third-order valence-electron chi connectivity index (χ3n) is 1.26. The monoisotopic (exact) mass is 153 g/mol. The first kappa shape index (κ1) is 5.83. The molecule has 2 N–H and O–H groups in total. The van der Waals surface area contributed by atoms with Gasteiger partial charge in [0.15, 0.2) is 5.52 Å². The van der Waals surface area contributed by atoms with Gasteiger partial charge in [-0.15, -0.1) is 10.2 Å². The van der Waals surface area contributed by atoms with Crippen molar-refractivity contribution < 1.29 is 5.21 Å². The van der Waals surface area contributed by atoms with Crippen LogP contribution >= 0.6 is 0 Å². The molecule has 0 fully saturated rings. The van der Waals surface area contributed by atoms with Gasteiger partial charge in [-0.2, -0.15) is 0 Å². The highest BCUT2D eigenvalue weighted by Crippen LogP contribution is 1.99. The van der Waals surface area contributed by atoms with Gasteiger partial charge in [-0.3, -0.25) is 4.79 Å². The summed E-state index contributed by atoms with van der Waals surface area (Å²) in [6.45, 7) is 0.